The number of aliphatic imine (C=N–C) groups is 2. The molecule has 0 N–H and O–H groups in total. The van der Waals surface area contributed by atoms with E-state index < -0.39 is 44.5 Å². The van der Waals surface area contributed by atoms with Gasteiger partial charge in [-0.3, -0.25) is 14.5 Å². The van der Waals surface area contributed by atoms with Gasteiger partial charge in [0.2, 0.25) is 0 Å². The third kappa shape index (κ3) is 8.48. The van der Waals surface area contributed by atoms with Gasteiger partial charge in [0, 0.05) is 23.2 Å². The van der Waals surface area contributed by atoms with Crippen molar-refractivity contribution in [2.45, 2.75) is 59.1 Å². The molecule has 0 saturated carbocycles. The number of hydrogen-bond acceptors (Lipinski definition) is 5. The smallest absolute Gasteiger partial charge is 0.417 e. The SMILES string of the molecule is CCOP(Oc1ccccc1C(=NC(C)C)C(F)(F)F)Oc1ccccc1C(=NC(C)C)C(F)(F)F. The fourth-order valence-corrected chi connectivity index (χ4v) is 3.92. The van der Waals surface area contributed by atoms with Gasteiger partial charge in [0.1, 0.15) is 22.9 Å². The maximum atomic E-state index is 13.8. The average molecular weight is 536 g/mol. The van der Waals surface area contributed by atoms with Crippen LogP contribution in [0.1, 0.15) is 45.7 Å². The van der Waals surface area contributed by atoms with Crippen LogP contribution in [0.3, 0.4) is 0 Å². The summed E-state index contributed by atoms with van der Waals surface area (Å²) in [5.74, 6) is -0.476. The van der Waals surface area contributed by atoms with E-state index in [1.165, 1.54) is 76.2 Å². The van der Waals surface area contributed by atoms with Crippen molar-refractivity contribution in [1.82, 2.24) is 0 Å². The topological polar surface area (TPSA) is 52.4 Å². The number of hydrogen-bond donors (Lipinski definition) is 0. The Morgan fingerprint density at radius 1 is 0.722 bits per heavy atom. The molecular formula is C24H27F6N2O3P. The van der Waals surface area contributed by atoms with E-state index in [0.29, 0.717) is 0 Å². The highest BCUT2D eigenvalue weighted by Gasteiger charge is 2.40. The van der Waals surface area contributed by atoms with E-state index in [1.807, 2.05) is 0 Å². The number of nitrogens with zero attached hydrogens (tertiary/aromatic N) is 2. The van der Waals surface area contributed by atoms with Crippen LogP contribution in [0.15, 0.2) is 58.5 Å². The van der Waals surface area contributed by atoms with Crippen LogP contribution in [-0.2, 0) is 4.52 Å². The number of para-hydroxylation sites is 2. The van der Waals surface area contributed by atoms with Crippen molar-refractivity contribution in [3.05, 3.63) is 59.7 Å². The quantitative estimate of drug-likeness (QED) is 0.176. The Morgan fingerprint density at radius 2 is 1.08 bits per heavy atom. The molecule has 0 spiro atoms. The Balaban J connectivity index is 2.51. The van der Waals surface area contributed by atoms with Gasteiger partial charge >= 0.3 is 21.0 Å². The lowest BCUT2D eigenvalue weighted by Gasteiger charge is -2.22. The van der Waals surface area contributed by atoms with Crippen LogP contribution in [0.5, 0.6) is 11.5 Å². The van der Waals surface area contributed by atoms with Gasteiger partial charge in [-0.05, 0) is 58.9 Å². The molecule has 0 aliphatic carbocycles. The van der Waals surface area contributed by atoms with Crippen molar-refractivity contribution in [1.29, 1.82) is 0 Å². The van der Waals surface area contributed by atoms with Crippen LogP contribution in [0.25, 0.3) is 0 Å². The predicted molar refractivity (Wildman–Crippen MR) is 128 cm³/mol. The first-order valence-electron chi connectivity index (χ1n) is 11.0. The van der Waals surface area contributed by atoms with E-state index in [4.69, 9.17) is 13.6 Å². The summed E-state index contributed by atoms with van der Waals surface area (Å²) in [6.07, 6.45) is -9.55. The van der Waals surface area contributed by atoms with E-state index in [-0.39, 0.29) is 29.2 Å². The van der Waals surface area contributed by atoms with E-state index in [1.54, 1.807) is 6.92 Å². The van der Waals surface area contributed by atoms with Gasteiger partial charge in [-0.2, -0.15) is 26.3 Å². The molecule has 198 valence electrons. The highest BCUT2D eigenvalue weighted by molar-refractivity contribution is 7.42. The molecule has 12 heteroatoms. The van der Waals surface area contributed by atoms with Gasteiger partial charge in [-0.1, -0.05) is 24.3 Å². The maximum Gasteiger partial charge on any atom is 0.463 e. The Kier molecular flexibility index (Phi) is 10.3. The summed E-state index contributed by atoms with van der Waals surface area (Å²) in [6, 6.07) is 9.30. The zero-order chi connectivity index (χ0) is 27.1. The molecule has 0 bridgehead atoms. The summed E-state index contributed by atoms with van der Waals surface area (Å²) < 4.78 is 99.4. The van der Waals surface area contributed by atoms with E-state index in [0.717, 1.165) is 0 Å². The zero-order valence-corrected chi connectivity index (χ0v) is 21.2. The second kappa shape index (κ2) is 12.5. The van der Waals surface area contributed by atoms with Crippen molar-refractivity contribution >= 4 is 20.0 Å². The Morgan fingerprint density at radius 3 is 1.39 bits per heavy atom. The van der Waals surface area contributed by atoms with Gasteiger partial charge in [0.05, 0.1) is 6.61 Å². The summed E-state index contributed by atoms with van der Waals surface area (Å²) in [7, 11) is -2.45. The summed E-state index contributed by atoms with van der Waals surface area (Å²) in [4.78, 5) is 7.41. The minimum atomic E-state index is -4.78. The molecule has 0 heterocycles. The summed E-state index contributed by atoms with van der Waals surface area (Å²) >= 11 is 0. The molecule has 2 aromatic carbocycles. The third-order valence-electron chi connectivity index (χ3n) is 4.18. The number of benzene rings is 2. The average Bonchev–Trinajstić information content (AvgIpc) is 2.75. The van der Waals surface area contributed by atoms with Crippen molar-refractivity contribution in [2.75, 3.05) is 6.61 Å². The second-order valence-corrected chi connectivity index (χ2v) is 9.03. The minimum Gasteiger partial charge on any atom is -0.417 e. The molecule has 0 aliphatic heterocycles. The summed E-state index contributed by atoms with van der Waals surface area (Å²) in [6.45, 7) is 7.61. The first kappa shape index (κ1) is 29.6. The van der Waals surface area contributed by atoms with Crippen molar-refractivity contribution in [2.24, 2.45) is 9.98 Å². The molecule has 0 amide bonds. The molecular weight excluding hydrogens is 509 g/mol. The monoisotopic (exact) mass is 536 g/mol. The van der Waals surface area contributed by atoms with Crippen LogP contribution in [0, 0.1) is 0 Å². The Bertz CT molecular complexity index is 987. The summed E-state index contributed by atoms with van der Waals surface area (Å²) in [5.41, 5.74) is -2.99. The van der Waals surface area contributed by atoms with E-state index in [2.05, 4.69) is 9.98 Å². The lowest BCUT2D eigenvalue weighted by atomic mass is 10.1. The fraction of sp³-hybridized carbons (Fsp3) is 0.417. The van der Waals surface area contributed by atoms with Crippen LogP contribution in [0.2, 0.25) is 0 Å². The molecule has 2 rings (SSSR count). The first-order valence-corrected chi connectivity index (χ1v) is 12.1. The first-order chi connectivity index (χ1) is 16.7. The van der Waals surface area contributed by atoms with Crippen molar-refractivity contribution in [3.63, 3.8) is 0 Å². The van der Waals surface area contributed by atoms with Gasteiger partial charge in [-0.25, -0.2) is 0 Å². The van der Waals surface area contributed by atoms with Crippen molar-refractivity contribution < 1.29 is 39.9 Å². The molecule has 36 heavy (non-hydrogen) atoms. The largest absolute Gasteiger partial charge is 0.463 e. The molecule has 0 radical (unpaired) electrons. The van der Waals surface area contributed by atoms with Crippen molar-refractivity contribution in [3.8, 4) is 11.5 Å². The minimum absolute atomic E-state index is 0.0223. The van der Waals surface area contributed by atoms with Crippen LogP contribution in [-0.4, -0.2) is 42.5 Å². The van der Waals surface area contributed by atoms with E-state index in [9.17, 15) is 26.3 Å². The van der Waals surface area contributed by atoms with Gasteiger partial charge in [0.25, 0.3) is 0 Å². The summed E-state index contributed by atoms with van der Waals surface area (Å²) in [5, 5.41) is 0. The highest BCUT2D eigenvalue weighted by Crippen LogP contribution is 2.45. The highest BCUT2D eigenvalue weighted by atomic mass is 31.2. The number of halogens is 6. The Labute approximate surface area is 207 Å². The molecule has 2 aromatic rings. The lowest BCUT2D eigenvalue weighted by molar-refractivity contribution is -0.0592. The van der Waals surface area contributed by atoms with E-state index >= 15 is 0 Å². The Hall–Kier alpha value is -2.65. The molecule has 0 fully saturated rings. The molecule has 0 unspecified atom stereocenters. The number of rotatable bonds is 10. The lowest BCUT2D eigenvalue weighted by Crippen LogP contribution is -2.26. The van der Waals surface area contributed by atoms with Crippen LogP contribution < -0.4 is 9.05 Å². The molecule has 5 nitrogen and oxygen atoms in total. The molecule has 0 aliphatic rings. The van der Waals surface area contributed by atoms with Gasteiger partial charge in [-0.15, -0.1) is 0 Å². The molecule has 0 saturated heterocycles. The van der Waals surface area contributed by atoms with Gasteiger partial charge in [0.15, 0.2) is 0 Å². The second-order valence-electron chi connectivity index (χ2n) is 7.95. The third-order valence-corrected chi connectivity index (χ3v) is 5.34. The van der Waals surface area contributed by atoms with Gasteiger partial charge < -0.3 is 9.05 Å². The predicted octanol–water partition coefficient (Wildman–Crippen LogP) is 7.93. The normalized spacial score (nSPS) is 14.4. The number of alkyl halides is 6. The van der Waals surface area contributed by atoms with Crippen LogP contribution >= 0.6 is 8.60 Å². The zero-order valence-electron chi connectivity index (χ0n) is 20.3. The molecule has 0 aromatic heterocycles. The van der Waals surface area contributed by atoms with Crippen LogP contribution in [0.4, 0.5) is 26.3 Å². The maximum absolute atomic E-state index is 13.8. The fourth-order valence-electron chi connectivity index (χ4n) is 2.93. The standard InChI is InChI=1S/C24H27F6N2O3P/c1-6-33-36(34-19-13-9-7-11-17(19)21(23(25,26)27)31-15(2)3)35-20-14-10-8-12-18(20)22(24(28,29)30)32-16(4)5/h7-16H,6H2,1-5H3. The molecule has 0 atom stereocenters.